The summed E-state index contributed by atoms with van der Waals surface area (Å²) in [7, 11) is -9.98. The number of alkyl halides is 2. The van der Waals surface area contributed by atoms with Gasteiger partial charge in [-0.05, 0) is 55.1 Å². The first-order valence-electron chi connectivity index (χ1n) is 12.8. The standard InChI is InChI=1S/C29H41F2NO3S2Si/c1-22(2)38(23(3)4,24(5)6)21-20-28(25-16-12-10-13-17-25,32-36(33)27(7,8)9)29(30,31)37(34,35)26-18-14-11-15-19-26/h10-19,22-24,32H,1-9H3/t28-,36-/m1/s1. The van der Waals surface area contributed by atoms with E-state index < -0.39 is 49.3 Å². The molecule has 0 heterocycles. The lowest BCUT2D eigenvalue weighted by molar-refractivity contribution is 0.0236. The maximum absolute atomic E-state index is 16.9. The van der Waals surface area contributed by atoms with Gasteiger partial charge in [-0.1, -0.05) is 96.0 Å². The highest BCUT2D eigenvalue weighted by Gasteiger charge is 2.65. The van der Waals surface area contributed by atoms with Crippen molar-refractivity contribution < 1.29 is 21.4 Å². The van der Waals surface area contributed by atoms with Crippen molar-refractivity contribution in [2.75, 3.05) is 0 Å². The number of sulfone groups is 1. The van der Waals surface area contributed by atoms with Crippen LogP contribution in [-0.2, 0) is 26.4 Å². The molecule has 38 heavy (non-hydrogen) atoms. The molecule has 2 aromatic carbocycles. The summed E-state index contributed by atoms with van der Waals surface area (Å²) >= 11 is 0. The summed E-state index contributed by atoms with van der Waals surface area (Å²) in [6, 6.07) is 14.2. The Morgan fingerprint density at radius 2 is 1.24 bits per heavy atom. The third-order valence-corrected chi connectivity index (χ3v) is 16.9. The van der Waals surface area contributed by atoms with E-state index in [0.29, 0.717) is 0 Å². The van der Waals surface area contributed by atoms with Crippen LogP contribution in [0.25, 0.3) is 0 Å². The first kappa shape index (κ1) is 32.3. The summed E-state index contributed by atoms with van der Waals surface area (Å²) in [5.41, 5.74) is 0.786. The van der Waals surface area contributed by atoms with Crippen LogP contribution in [0.4, 0.5) is 8.78 Å². The van der Waals surface area contributed by atoms with Crippen LogP contribution in [0.15, 0.2) is 65.6 Å². The lowest BCUT2D eigenvalue weighted by atomic mass is 9.92. The Morgan fingerprint density at radius 3 is 1.63 bits per heavy atom. The first-order chi connectivity index (χ1) is 17.4. The molecule has 0 bridgehead atoms. The molecule has 0 saturated carbocycles. The number of hydrogen-bond acceptors (Lipinski definition) is 3. The van der Waals surface area contributed by atoms with E-state index >= 15 is 8.78 Å². The van der Waals surface area contributed by atoms with E-state index in [1.165, 1.54) is 24.3 Å². The highest BCUT2D eigenvalue weighted by Crippen LogP contribution is 2.47. The Hall–Kier alpha value is -1.86. The first-order valence-corrected chi connectivity index (χ1v) is 17.7. The SMILES string of the molecule is CC(C)[Si](C#C[C@@](N[S@](=O)C(C)(C)C)(c1ccccc1)C(F)(F)S(=O)(=O)c1ccccc1)(C(C)C)C(C)C. The van der Waals surface area contributed by atoms with Gasteiger partial charge in [0.05, 0.1) is 20.6 Å². The van der Waals surface area contributed by atoms with Crippen LogP contribution in [0.3, 0.4) is 0 Å². The van der Waals surface area contributed by atoms with Gasteiger partial charge >= 0.3 is 5.25 Å². The number of nitrogens with one attached hydrogen (secondary N) is 1. The molecule has 210 valence electrons. The van der Waals surface area contributed by atoms with Gasteiger partial charge in [0.15, 0.2) is 5.54 Å². The zero-order valence-electron chi connectivity index (χ0n) is 23.8. The Bertz CT molecular complexity index is 1260. The van der Waals surface area contributed by atoms with Gasteiger partial charge in [-0.15, -0.1) is 5.54 Å². The molecule has 2 atom stereocenters. The molecule has 0 aromatic heterocycles. The summed E-state index contributed by atoms with van der Waals surface area (Å²) < 4.78 is 76.4. The Kier molecular flexibility index (Phi) is 9.97. The number of rotatable bonds is 9. The van der Waals surface area contributed by atoms with Crippen molar-refractivity contribution in [1.29, 1.82) is 0 Å². The van der Waals surface area contributed by atoms with Crippen LogP contribution in [0.5, 0.6) is 0 Å². The van der Waals surface area contributed by atoms with Gasteiger partial charge < -0.3 is 0 Å². The summed E-state index contributed by atoms with van der Waals surface area (Å²) in [6.45, 7) is 17.2. The second kappa shape index (κ2) is 11.7. The molecule has 0 aliphatic carbocycles. The van der Waals surface area contributed by atoms with Gasteiger partial charge in [0, 0.05) is 0 Å². The minimum Gasteiger partial charge on any atom is -0.242 e. The predicted octanol–water partition coefficient (Wildman–Crippen LogP) is 7.22. The van der Waals surface area contributed by atoms with E-state index in [9.17, 15) is 12.6 Å². The third-order valence-electron chi connectivity index (χ3n) is 7.17. The smallest absolute Gasteiger partial charge is 0.242 e. The molecule has 0 radical (unpaired) electrons. The molecule has 0 saturated heterocycles. The molecule has 0 aliphatic rings. The van der Waals surface area contributed by atoms with Crippen molar-refractivity contribution in [3.63, 3.8) is 0 Å². The van der Waals surface area contributed by atoms with Crippen LogP contribution in [-0.4, -0.2) is 30.7 Å². The summed E-state index contributed by atoms with van der Waals surface area (Å²) in [5.74, 6) is 2.83. The van der Waals surface area contributed by atoms with Crippen LogP contribution >= 0.6 is 0 Å². The molecular formula is C29H41F2NO3S2Si. The summed E-state index contributed by atoms with van der Waals surface area (Å²) in [4.78, 5) is -0.532. The zero-order valence-corrected chi connectivity index (χ0v) is 26.4. The Labute approximate surface area is 231 Å². The highest BCUT2D eigenvalue weighted by molar-refractivity contribution is 7.92. The third kappa shape index (κ3) is 5.84. The number of hydrogen-bond donors (Lipinski definition) is 1. The fraction of sp³-hybridized carbons (Fsp3) is 0.517. The van der Waals surface area contributed by atoms with E-state index in [1.54, 1.807) is 45.0 Å². The van der Waals surface area contributed by atoms with Crippen molar-refractivity contribution in [1.82, 2.24) is 4.72 Å². The van der Waals surface area contributed by atoms with E-state index in [2.05, 4.69) is 16.2 Å². The van der Waals surface area contributed by atoms with E-state index in [-0.39, 0.29) is 22.2 Å². The van der Waals surface area contributed by atoms with Crippen molar-refractivity contribution >= 4 is 28.9 Å². The average Bonchev–Trinajstić information content (AvgIpc) is 2.83. The summed E-state index contributed by atoms with van der Waals surface area (Å²) in [6.07, 6.45) is 0. The van der Waals surface area contributed by atoms with Crippen molar-refractivity contribution in [3.8, 4) is 11.5 Å². The van der Waals surface area contributed by atoms with Crippen LogP contribution in [0.2, 0.25) is 16.6 Å². The fourth-order valence-corrected chi connectivity index (χ4v) is 12.7. The lowest BCUT2D eigenvalue weighted by Gasteiger charge is -2.41. The fourth-order valence-electron chi connectivity index (χ4n) is 5.02. The Balaban J connectivity index is 3.11. The van der Waals surface area contributed by atoms with Gasteiger partial charge in [-0.25, -0.2) is 17.3 Å². The minimum atomic E-state index is -5.28. The van der Waals surface area contributed by atoms with Crippen molar-refractivity contribution in [2.45, 2.75) is 99.4 Å². The molecule has 1 N–H and O–H groups in total. The second-order valence-electron chi connectivity index (χ2n) is 11.6. The van der Waals surface area contributed by atoms with E-state index in [1.807, 2.05) is 41.5 Å². The maximum atomic E-state index is 16.9. The van der Waals surface area contributed by atoms with Crippen LogP contribution in [0.1, 0.15) is 67.9 Å². The predicted molar refractivity (Wildman–Crippen MR) is 157 cm³/mol. The maximum Gasteiger partial charge on any atom is 0.383 e. The van der Waals surface area contributed by atoms with Crippen molar-refractivity contribution in [2.24, 2.45) is 0 Å². The molecule has 0 spiro atoms. The summed E-state index contributed by atoms with van der Waals surface area (Å²) in [5, 5.41) is -4.48. The Morgan fingerprint density at radius 1 is 0.816 bits per heavy atom. The molecule has 0 amide bonds. The molecule has 0 aliphatic heterocycles. The van der Waals surface area contributed by atoms with E-state index in [4.69, 9.17) is 0 Å². The monoisotopic (exact) mass is 581 g/mol. The molecule has 4 nitrogen and oxygen atoms in total. The van der Waals surface area contributed by atoms with Gasteiger partial charge in [0.2, 0.25) is 9.84 Å². The topological polar surface area (TPSA) is 63.2 Å². The van der Waals surface area contributed by atoms with Crippen LogP contribution < -0.4 is 4.72 Å². The minimum absolute atomic E-state index is 0.0613. The molecule has 0 unspecified atom stereocenters. The molecule has 9 heteroatoms. The van der Waals surface area contributed by atoms with Gasteiger partial charge in [-0.3, -0.25) is 0 Å². The van der Waals surface area contributed by atoms with Gasteiger partial charge in [-0.2, -0.15) is 8.78 Å². The van der Waals surface area contributed by atoms with Crippen molar-refractivity contribution in [3.05, 3.63) is 66.2 Å². The quantitative estimate of drug-likeness (QED) is 0.251. The normalized spacial score (nSPS) is 15.7. The average molecular weight is 582 g/mol. The van der Waals surface area contributed by atoms with E-state index in [0.717, 1.165) is 12.1 Å². The zero-order chi connectivity index (χ0) is 29.2. The highest BCUT2D eigenvalue weighted by atomic mass is 32.2. The molecule has 2 rings (SSSR count). The number of benzene rings is 2. The second-order valence-corrected chi connectivity index (χ2v) is 21.1. The molecular weight excluding hydrogens is 541 g/mol. The van der Waals surface area contributed by atoms with Crippen LogP contribution in [0, 0.1) is 11.5 Å². The molecule has 0 fully saturated rings. The molecule has 2 aromatic rings. The largest absolute Gasteiger partial charge is 0.383 e. The van der Waals surface area contributed by atoms with Gasteiger partial charge in [0.25, 0.3) is 0 Å². The van der Waals surface area contributed by atoms with Gasteiger partial charge in [0.1, 0.15) is 8.07 Å². The number of halogens is 2. The lowest BCUT2D eigenvalue weighted by Crippen LogP contribution is -2.61.